The lowest BCUT2D eigenvalue weighted by Gasteiger charge is -2.41. The maximum absolute atomic E-state index is 12.8. The number of amides is 1. The quantitative estimate of drug-likeness (QED) is 0.752. The fraction of sp³-hybridized carbons (Fsp3) is 0.588. The first-order chi connectivity index (χ1) is 12.1. The number of halogens is 3. The molecule has 6 nitrogen and oxygen atoms in total. The van der Waals surface area contributed by atoms with Crippen LogP contribution in [-0.4, -0.2) is 48.4 Å². The van der Waals surface area contributed by atoms with Gasteiger partial charge in [0.15, 0.2) is 0 Å². The minimum Gasteiger partial charge on any atom is -0.327 e. The predicted molar refractivity (Wildman–Crippen MR) is 90.3 cm³/mol. The van der Waals surface area contributed by atoms with Crippen molar-refractivity contribution < 1.29 is 18.0 Å². The summed E-state index contributed by atoms with van der Waals surface area (Å²) in [5.41, 5.74) is 3.37. The first-order valence-electron chi connectivity index (χ1n) is 8.54. The number of hydrazine groups is 1. The van der Waals surface area contributed by atoms with Gasteiger partial charge in [-0.2, -0.15) is 13.2 Å². The van der Waals surface area contributed by atoms with E-state index >= 15 is 0 Å². The third kappa shape index (κ3) is 3.44. The van der Waals surface area contributed by atoms with Gasteiger partial charge in [-0.3, -0.25) is 15.0 Å². The molecule has 5 atom stereocenters. The van der Waals surface area contributed by atoms with Crippen LogP contribution in [0.5, 0.6) is 0 Å². The van der Waals surface area contributed by atoms with Crippen LogP contribution in [0.25, 0.3) is 0 Å². The van der Waals surface area contributed by atoms with Crippen molar-refractivity contribution in [2.45, 2.75) is 44.6 Å². The predicted octanol–water partition coefficient (Wildman–Crippen LogP) is 1.48. The molecular formula is C17H24F3N5O. The van der Waals surface area contributed by atoms with Gasteiger partial charge in [-0.05, 0) is 45.6 Å². The maximum Gasteiger partial charge on any atom is 0.416 e. The monoisotopic (exact) mass is 371 g/mol. The number of benzene rings is 1. The number of nitrogens with one attached hydrogen (secondary N) is 3. The molecule has 1 aromatic carbocycles. The van der Waals surface area contributed by atoms with Gasteiger partial charge in [0.05, 0.1) is 17.6 Å². The number of carbonyl (C=O) groups is 1. The average molecular weight is 371 g/mol. The molecular weight excluding hydrogens is 347 g/mol. The lowest BCUT2D eigenvalue weighted by atomic mass is 9.96. The van der Waals surface area contributed by atoms with Gasteiger partial charge in [-0.25, -0.2) is 10.4 Å². The lowest BCUT2D eigenvalue weighted by Crippen LogP contribution is -2.68. The first-order valence-corrected chi connectivity index (χ1v) is 8.54. The van der Waals surface area contributed by atoms with Crippen molar-refractivity contribution in [1.29, 1.82) is 0 Å². The largest absolute Gasteiger partial charge is 0.416 e. The SMILES string of the molecule is CC1NN(C(C)c2ccc(C(F)(F)F)cc2)C2NC(N(C)C)NC(=O)C12. The fourth-order valence-corrected chi connectivity index (χ4v) is 3.57. The normalized spacial score (nSPS) is 31.0. The number of hydrogen-bond acceptors (Lipinski definition) is 5. The fourth-order valence-electron chi connectivity index (χ4n) is 3.57. The number of alkyl halides is 3. The summed E-state index contributed by atoms with van der Waals surface area (Å²) in [6, 6.07) is 4.85. The van der Waals surface area contributed by atoms with E-state index in [2.05, 4.69) is 16.1 Å². The van der Waals surface area contributed by atoms with Crippen molar-refractivity contribution in [2.24, 2.45) is 5.92 Å². The molecule has 0 aliphatic carbocycles. The Kier molecular flexibility index (Phi) is 5.00. The van der Waals surface area contributed by atoms with E-state index in [1.54, 1.807) is 0 Å². The van der Waals surface area contributed by atoms with Gasteiger partial charge < -0.3 is 5.32 Å². The van der Waals surface area contributed by atoms with Crippen LogP contribution in [0.4, 0.5) is 13.2 Å². The molecule has 5 unspecified atom stereocenters. The summed E-state index contributed by atoms with van der Waals surface area (Å²) in [7, 11) is 3.71. The van der Waals surface area contributed by atoms with E-state index in [-0.39, 0.29) is 36.4 Å². The van der Waals surface area contributed by atoms with Crippen molar-refractivity contribution in [2.75, 3.05) is 14.1 Å². The van der Waals surface area contributed by atoms with E-state index in [1.165, 1.54) is 12.1 Å². The Hall–Kier alpha value is -1.68. The van der Waals surface area contributed by atoms with Crippen molar-refractivity contribution in [3.8, 4) is 0 Å². The number of hydrogen-bond donors (Lipinski definition) is 3. The minimum atomic E-state index is -4.35. The maximum atomic E-state index is 12.8. The number of nitrogens with zero attached hydrogens (tertiary/aromatic N) is 2. The van der Waals surface area contributed by atoms with Gasteiger partial charge in [0.1, 0.15) is 6.29 Å². The van der Waals surface area contributed by atoms with E-state index in [0.29, 0.717) is 0 Å². The standard InChI is InChI=1S/C17H24F3N5O/c1-9-13-14(21-16(24(3)4)22-15(13)26)25(23-9)10(2)11-5-7-12(8-6-11)17(18,19)20/h5-10,13-14,16,21,23H,1-4H3,(H,22,26). The molecule has 0 aromatic heterocycles. The van der Waals surface area contributed by atoms with E-state index in [1.807, 2.05) is 37.9 Å². The second-order valence-electron chi connectivity index (χ2n) is 7.13. The van der Waals surface area contributed by atoms with Crippen molar-refractivity contribution >= 4 is 5.91 Å². The van der Waals surface area contributed by atoms with Gasteiger partial charge in [0, 0.05) is 12.1 Å². The summed E-state index contributed by atoms with van der Waals surface area (Å²) in [6.07, 6.45) is -4.92. The van der Waals surface area contributed by atoms with E-state index < -0.39 is 11.7 Å². The molecule has 26 heavy (non-hydrogen) atoms. The Morgan fingerprint density at radius 3 is 2.35 bits per heavy atom. The van der Waals surface area contributed by atoms with Gasteiger partial charge in [-0.15, -0.1) is 0 Å². The molecule has 1 amide bonds. The average Bonchev–Trinajstić information content (AvgIpc) is 2.90. The van der Waals surface area contributed by atoms with Crippen LogP contribution < -0.4 is 16.1 Å². The molecule has 2 heterocycles. The van der Waals surface area contributed by atoms with Crippen LogP contribution in [0.2, 0.25) is 0 Å². The number of fused-ring (bicyclic) bond motifs is 1. The molecule has 0 spiro atoms. The van der Waals surface area contributed by atoms with Gasteiger partial charge >= 0.3 is 6.18 Å². The van der Waals surface area contributed by atoms with E-state index in [0.717, 1.165) is 17.7 Å². The Bertz CT molecular complexity index is 663. The summed E-state index contributed by atoms with van der Waals surface area (Å²) in [6.45, 7) is 3.83. The molecule has 3 N–H and O–H groups in total. The number of carbonyl (C=O) groups excluding carboxylic acids is 1. The molecule has 9 heteroatoms. The zero-order valence-corrected chi connectivity index (χ0v) is 15.1. The molecule has 0 saturated carbocycles. The molecule has 2 aliphatic heterocycles. The van der Waals surface area contributed by atoms with Crippen LogP contribution in [0.1, 0.15) is 31.0 Å². The summed E-state index contributed by atoms with van der Waals surface area (Å²) < 4.78 is 38.3. The second-order valence-corrected chi connectivity index (χ2v) is 7.13. The van der Waals surface area contributed by atoms with Crippen molar-refractivity contribution in [1.82, 2.24) is 26.0 Å². The molecule has 0 bridgehead atoms. The third-order valence-electron chi connectivity index (χ3n) is 5.10. The highest BCUT2D eigenvalue weighted by molar-refractivity contribution is 5.81. The molecule has 2 aliphatic rings. The van der Waals surface area contributed by atoms with Gasteiger partial charge in [0.2, 0.25) is 5.91 Å². The summed E-state index contributed by atoms with van der Waals surface area (Å²) >= 11 is 0. The smallest absolute Gasteiger partial charge is 0.327 e. The highest BCUT2D eigenvalue weighted by atomic mass is 19.4. The van der Waals surface area contributed by atoms with Crippen LogP contribution in [0, 0.1) is 5.92 Å². The highest BCUT2D eigenvalue weighted by Crippen LogP contribution is 2.34. The summed E-state index contributed by atoms with van der Waals surface area (Å²) in [4.78, 5) is 14.4. The highest BCUT2D eigenvalue weighted by Gasteiger charge is 2.49. The molecule has 2 saturated heterocycles. The Balaban J connectivity index is 1.82. The van der Waals surface area contributed by atoms with E-state index in [4.69, 9.17) is 0 Å². The molecule has 1 aromatic rings. The summed E-state index contributed by atoms with van der Waals surface area (Å²) in [5, 5.41) is 8.24. The molecule has 3 rings (SSSR count). The van der Waals surface area contributed by atoms with Crippen LogP contribution in [-0.2, 0) is 11.0 Å². The zero-order chi connectivity index (χ0) is 19.2. The lowest BCUT2D eigenvalue weighted by molar-refractivity contribution is -0.137. The zero-order valence-electron chi connectivity index (χ0n) is 15.1. The van der Waals surface area contributed by atoms with Gasteiger partial charge in [0.25, 0.3) is 0 Å². The van der Waals surface area contributed by atoms with Crippen LogP contribution in [0.3, 0.4) is 0 Å². The third-order valence-corrected chi connectivity index (χ3v) is 5.10. The van der Waals surface area contributed by atoms with Gasteiger partial charge in [-0.1, -0.05) is 12.1 Å². The Morgan fingerprint density at radius 1 is 1.19 bits per heavy atom. The first kappa shape index (κ1) is 19.1. The van der Waals surface area contributed by atoms with Crippen LogP contribution in [0.15, 0.2) is 24.3 Å². The number of rotatable bonds is 3. The molecule has 144 valence electrons. The Labute approximate surface area is 150 Å². The van der Waals surface area contributed by atoms with E-state index in [9.17, 15) is 18.0 Å². The van der Waals surface area contributed by atoms with Crippen molar-refractivity contribution in [3.05, 3.63) is 35.4 Å². The molecule has 0 radical (unpaired) electrons. The minimum absolute atomic E-state index is 0.0467. The second kappa shape index (κ2) is 6.80. The topological polar surface area (TPSA) is 59.6 Å². The Morgan fingerprint density at radius 2 is 1.81 bits per heavy atom. The molecule has 2 fully saturated rings. The van der Waals surface area contributed by atoms with Crippen molar-refractivity contribution in [3.63, 3.8) is 0 Å². The van der Waals surface area contributed by atoms with Crippen LogP contribution >= 0.6 is 0 Å². The summed E-state index contributed by atoms with van der Waals surface area (Å²) in [5.74, 6) is -0.335.